The van der Waals surface area contributed by atoms with Crippen molar-refractivity contribution in [3.05, 3.63) is 70.7 Å². The number of carbonyl (C=O) groups is 1. The third-order valence-corrected chi connectivity index (χ3v) is 6.20. The topological polar surface area (TPSA) is 67.3 Å². The summed E-state index contributed by atoms with van der Waals surface area (Å²) in [6, 6.07) is 4.55. The van der Waals surface area contributed by atoms with Crippen LogP contribution in [0.2, 0.25) is 0 Å². The summed E-state index contributed by atoms with van der Waals surface area (Å²) in [5.41, 5.74) is -0.194. The van der Waals surface area contributed by atoms with E-state index < -0.39 is 23.3 Å². The van der Waals surface area contributed by atoms with Gasteiger partial charge >= 0.3 is 0 Å². The van der Waals surface area contributed by atoms with Gasteiger partial charge in [-0.1, -0.05) is 0 Å². The van der Waals surface area contributed by atoms with Crippen molar-refractivity contribution in [2.45, 2.75) is 46.0 Å². The molecule has 35 heavy (non-hydrogen) atoms. The van der Waals surface area contributed by atoms with Gasteiger partial charge < -0.3 is 15.0 Å². The van der Waals surface area contributed by atoms with Crippen LogP contribution in [0.5, 0.6) is 5.75 Å². The van der Waals surface area contributed by atoms with Crippen molar-refractivity contribution in [3.8, 4) is 16.9 Å². The lowest BCUT2D eigenvalue weighted by Gasteiger charge is -2.20. The molecule has 1 unspecified atom stereocenters. The Morgan fingerprint density at radius 1 is 1.14 bits per heavy atom. The van der Waals surface area contributed by atoms with Crippen LogP contribution < -0.4 is 10.1 Å². The number of hydrogen-bond acceptors (Lipinski definition) is 5. The summed E-state index contributed by atoms with van der Waals surface area (Å²) in [4.78, 5) is 22.5. The first-order valence-electron chi connectivity index (χ1n) is 11.3. The van der Waals surface area contributed by atoms with E-state index in [0.29, 0.717) is 24.5 Å². The largest absolute Gasteiger partial charge is 0.494 e. The number of benzene rings is 1. The molecule has 0 saturated carbocycles. The van der Waals surface area contributed by atoms with Crippen molar-refractivity contribution in [1.82, 2.24) is 14.9 Å². The Labute approximate surface area is 202 Å². The fourth-order valence-corrected chi connectivity index (χ4v) is 4.19. The molecular weight excluding hydrogens is 457 g/mol. The average Bonchev–Trinajstić information content (AvgIpc) is 3.15. The Bertz CT molecular complexity index is 1290. The van der Waals surface area contributed by atoms with Crippen LogP contribution in [0.4, 0.5) is 19.0 Å². The van der Waals surface area contributed by atoms with E-state index in [9.17, 15) is 9.18 Å². The Balaban J connectivity index is 1.68. The number of pyridine rings is 2. The average molecular weight is 485 g/mol. The smallest absolute Gasteiger partial charge is 0.254 e. The summed E-state index contributed by atoms with van der Waals surface area (Å²) in [5.74, 6) is -0.775. The molecule has 3 heterocycles. The van der Waals surface area contributed by atoms with Gasteiger partial charge in [-0.25, -0.2) is 18.2 Å². The lowest BCUT2D eigenvalue weighted by molar-refractivity contribution is 0.0787. The van der Waals surface area contributed by atoms with Gasteiger partial charge in [0.15, 0.2) is 0 Å². The van der Waals surface area contributed by atoms with Crippen molar-refractivity contribution < 1.29 is 22.7 Å². The third kappa shape index (κ3) is 4.54. The quantitative estimate of drug-likeness (QED) is 0.460. The zero-order valence-electron chi connectivity index (χ0n) is 20.2. The van der Waals surface area contributed by atoms with Crippen LogP contribution in [0.3, 0.4) is 0 Å². The molecule has 0 fully saturated rings. The van der Waals surface area contributed by atoms with Crippen LogP contribution in [0.25, 0.3) is 11.1 Å². The molecule has 1 N–H and O–H groups in total. The maximum atomic E-state index is 15.3. The van der Waals surface area contributed by atoms with Gasteiger partial charge in [-0.2, -0.15) is 0 Å². The number of hydrogen-bond donors (Lipinski definition) is 1. The van der Waals surface area contributed by atoms with E-state index >= 15 is 8.78 Å². The molecule has 1 aliphatic rings. The van der Waals surface area contributed by atoms with E-state index in [2.05, 4.69) is 15.3 Å². The van der Waals surface area contributed by atoms with Crippen LogP contribution in [0.15, 0.2) is 36.7 Å². The second kappa shape index (κ2) is 9.20. The molecule has 1 aromatic carbocycles. The molecule has 2 aromatic heterocycles. The van der Waals surface area contributed by atoms with Gasteiger partial charge in [0.2, 0.25) is 0 Å². The van der Waals surface area contributed by atoms with Crippen molar-refractivity contribution in [1.29, 1.82) is 0 Å². The molecule has 1 atom stereocenters. The van der Waals surface area contributed by atoms with Crippen molar-refractivity contribution in [2.75, 3.05) is 19.0 Å². The molecule has 0 radical (unpaired) electrons. The fraction of sp³-hybridized carbons (Fsp3) is 0.346. The minimum atomic E-state index is -1.77. The normalized spacial score (nSPS) is 14.2. The Kier molecular flexibility index (Phi) is 6.44. The molecule has 0 aliphatic carbocycles. The summed E-state index contributed by atoms with van der Waals surface area (Å²) >= 11 is 0. The number of aromatic nitrogens is 2. The first-order chi connectivity index (χ1) is 16.5. The van der Waals surface area contributed by atoms with Gasteiger partial charge in [0, 0.05) is 40.6 Å². The van der Waals surface area contributed by atoms with Crippen LogP contribution in [0, 0.1) is 11.6 Å². The minimum Gasteiger partial charge on any atom is -0.494 e. The number of carbonyl (C=O) groups excluding carboxylic acids is 1. The number of amides is 1. The first-order valence-corrected chi connectivity index (χ1v) is 11.3. The maximum absolute atomic E-state index is 15.3. The van der Waals surface area contributed by atoms with E-state index in [1.807, 2.05) is 6.92 Å². The number of rotatable bonds is 7. The van der Waals surface area contributed by atoms with Crippen molar-refractivity contribution in [3.63, 3.8) is 0 Å². The maximum Gasteiger partial charge on any atom is 0.254 e. The van der Waals surface area contributed by atoms with Gasteiger partial charge in [-0.15, -0.1) is 0 Å². The van der Waals surface area contributed by atoms with E-state index in [-0.39, 0.29) is 34.0 Å². The Hall–Kier alpha value is -3.62. The molecule has 184 valence electrons. The number of nitrogens with one attached hydrogen (secondary N) is 1. The highest BCUT2D eigenvalue weighted by Crippen LogP contribution is 2.37. The number of ether oxygens (including phenoxy) is 1. The summed E-state index contributed by atoms with van der Waals surface area (Å²) < 4.78 is 50.3. The highest BCUT2D eigenvalue weighted by Gasteiger charge is 2.30. The van der Waals surface area contributed by atoms with Crippen molar-refractivity contribution in [2.24, 2.45) is 0 Å². The SMILES string of the molecule is CCN1Cc2c(ccnc2NC(C)c2cc(F)c(-c3cc(C(C)(C)F)ncc3OC)cc2F)C1=O. The van der Waals surface area contributed by atoms with E-state index in [1.165, 1.54) is 39.4 Å². The molecule has 4 rings (SSSR count). The Morgan fingerprint density at radius 3 is 2.54 bits per heavy atom. The lowest BCUT2D eigenvalue weighted by Crippen LogP contribution is -2.22. The Morgan fingerprint density at radius 2 is 1.89 bits per heavy atom. The van der Waals surface area contributed by atoms with Gasteiger partial charge in [0.05, 0.1) is 31.6 Å². The van der Waals surface area contributed by atoms with Gasteiger partial charge in [-0.3, -0.25) is 9.78 Å². The van der Waals surface area contributed by atoms with E-state index in [0.717, 1.165) is 17.7 Å². The van der Waals surface area contributed by atoms with Crippen molar-refractivity contribution >= 4 is 11.7 Å². The number of nitrogens with zero attached hydrogens (tertiary/aromatic N) is 3. The standard InChI is InChI=1S/C26H27F3N4O2/c1-6-33-13-19-15(25(33)34)7-8-30-24(19)32-14(2)16-9-21(28)17(10-20(16)27)18-11-23(26(3,4)29)31-12-22(18)35-5/h7-12,14H,6,13H2,1-5H3,(H,30,32). The molecule has 0 bridgehead atoms. The zero-order chi connectivity index (χ0) is 25.5. The molecule has 0 saturated heterocycles. The summed E-state index contributed by atoms with van der Waals surface area (Å²) in [5, 5.41) is 3.12. The van der Waals surface area contributed by atoms with Gasteiger partial charge in [-0.05, 0) is 52.0 Å². The van der Waals surface area contributed by atoms with Gasteiger partial charge in [0.25, 0.3) is 5.91 Å². The summed E-state index contributed by atoms with van der Waals surface area (Å²) in [6.07, 6.45) is 2.81. The predicted molar refractivity (Wildman–Crippen MR) is 127 cm³/mol. The summed E-state index contributed by atoms with van der Waals surface area (Å²) in [7, 11) is 1.38. The molecule has 0 spiro atoms. The highest BCUT2D eigenvalue weighted by molar-refractivity contribution is 5.99. The predicted octanol–water partition coefficient (Wildman–Crippen LogP) is 5.78. The number of fused-ring (bicyclic) bond motifs is 1. The highest BCUT2D eigenvalue weighted by atomic mass is 19.1. The van der Waals surface area contributed by atoms with Crippen LogP contribution >= 0.6 is 0 Å². The fourth-order valence-electron chi connectivity index (χ4n) is 4.19. The number of halogens is 3. The zero-order valence-corrected chi connectivity index (χ0v) is 20.2. The number of methoxy groups -OCH3 is 1. The third-order valence-electron chi connectivity index (χ3n) is 6.20. The van der Waals surface area contributed by atoms with Gasteiger partial charge in [0.1, 0.15) is 28.9 Å². The summed E-state index contributed by atoms with van der Waals surface area (Å²) in [6.45, 7) is 7.20. The van der Waals surface area contributed by atoms with Crippen LogP contribution in [-0.4, -0.2) is 34.4 Å². The van der Waals surface area contributed by atoms with Crippen LogP contribution in [-0.2, 0) is 12.2 Å². The minimum absolute atomic E-state index is 0.0638. The molecule has 3 aromatic rings. The molecule has 1 amide bonds. The molecule has 6 nitrogen and oxygen atoms in total. The molecule has 9 heteroatoms. The number of anilines is 1. The van der Waals surface area contributed by atoms with E-state index in [4.69, 9.17) is 4.74 Å². The monoisotopic (exact) mass is 484 g/mol. The second-order valence-electron chi connectivity index (χ2n) is 8.97. The van der Waals surface area contributed by atoms with Crippen LogP contribution in [0.1, 0.15) is 60.9 Å². The second-order valence-corrected chi connectivity index (χ2v) is 8.97. The van der Waals surface area contributed by atoms with E-state index in [1.54, 1.807) is 17.9 Å². The first kappa shape index (κ1) is 24.5. The lowest BCUT2D eigenvalue weighted by atomic mass is 9.97. The number of alkyl halides is 1. The molecular formula is C26H27F3N4O2. The molecule has 1 aliphatic heterocycles.